The monoisotopic (exact) mass is 303 g/mol. The van der Waals surface area contributed by atoms with Gasteiger partial charge in [-0.3, -0.25) is 4.79 Å². The Hall–Kier alpha value is -2.47. The van der Waals surface area contributed by atoms with Crippen LogP contribution in [0.5, 0.6) is 0 Å². The highest BCUT2D eigenvalue weighted by Crippen LogP contribution is 2.14. The number of hydrogen-bond acceptors (Lipinski definition) is 4. The third-order valence-electron chi connectivity index (χ3n) is 2.97. The number of carbonyl (C=O) groups excluding carboxylic acids is 1. The number of hydrogen-bond donors (Lipinski definition) is 2. The SMILES string of the molecule is COCCCNc1ccc(C(=O)Nc2ccccc2F)nc1. The van der Waals surface area contributed by atoms with Crippen molar-refractivity contribution >= 4 is 17.3 Å². The topological polar surface area (TPSA) is 63.2 Å². The molecule has 0 unspecified atom stereocenters. The van der Waals surface area contributed by atoms with E-state index in [0.717, 1.165) is 18.7 Å². The Balaban J connectivity index is 1.92. The van der Waals surface area contributed by atoms with Crippen LogP contribution in [0.4, 0.5) is 15.8 Å². The summed E-state index contributed by atoms with van der Waals surface area (Å²) < 4.78 is 18.4. The zero-order valence-electron chi connectivity index (χ0n) is 12.3. The van der Waals surface area contributed by atoms with Crippen LogP contribution in [0.25, 0.3) is 0 Å². The van der Waals surface area contributed by atoms with Crippen molar-refractivity contribution in [3.05, 3.63) is 54.1 Å². The van der Waals surface area contributed by atoms with E-state index in [0.29, 0.717) is 6.61 Å². The average Bonchev–Trinajstić information content (AvgIpc) is 2.54. The van der Waals surface area contributed by atoms with Gasteiger partial charge >= 0.3 is 0 Å². The van der Waals surface area contributed by atoms with Crippen LogP contribution in [0.1, 0.15) is 16.9 Å². The van der Waals surface area contributed by atoms with Gasteiger partial charge in [-0.05, 0) is 30.7 Å². The predicted molar refractivity (Wildman–Crippen MR) is 83.6 cm³/mol. The lowest BCUT2D eigenvalue weighted by Gasteiger charge is -2.08. The van der Waals surface area contributed by atoms with Crippen LogP contribution in [-0.2, 0) is 4.74 Å². The van der Waals surface area contributed by atoms with E-state index in [4.69, 9.17) is 4.74 Å². The molecule has 116 valence electrons. The lowest BCUT2D eigenvalue weighted by Crippen LogP contribution is -2.14. The Morgan fingerprint density at radius 1 is 1.27 bits per heavy atom. The molecular formula is C16H18FN3O2. The van der Waals surface area contributed by atoms with Crippen molar-refractivity contribution in [1.29, 1.82) is 0 Å². The van der Waals surface area contributed by atoms with Gasteiger partial charge in [-0.25, -0.2) is 9.37 Å². The van der Waals surface area contributed by atoms with Gasteiger partial charge in [0, 0.05) is 20.3 Å². The number of nitrogens with zero attached hydrogens (tertiary/aromatic N) is 1. The van der Waals surface area contributed by atoms with Crippen LogP contribution >= 0.6 is 0 Å². The molecule has 0 spiro atoms. The maximum atomic E-state index is 13.5. The number of carbonyl (C=O) groups is 1. The first-order valence-corrected chi connectivity index (χ1v) is 6.95. The molecule has 0 saturated carbocycles. The number of methoxy groups -OCH3 is 1. The number of pyridine rings is 1. The second-order valence-electron chi connectivity index (χ2n) is 4.64. The first kappa shape index (κ1) is 15.9. The van der Waals surface area contributed by atoms with E-state index in [1.807, 2.05) is 0 Å². The summed E-state index contributed by atoms with van der Waals surface area (Å²) in [5.41, 5.74) is 1.18. The smallest absolute Gasteiger partial charge is 0.274 e. The highest BCUT2D eigenvalue weighted by molar-refractivity contribution is 6.03. The zero-order chi connectivity index (χ0) is 15.8. The molecule has 22 heavy (non-hydrogen) atoms. The van der Waals surface area contributed by atoms with Gasteiger partial charge in [0.25, 0.3) is 5.91 Å². The van der Waals surface area contributed by atoms with E-state index in [-0.39, 0.29) is 11.4 Å². The van der Waals surface area contributed by atoms with Crippen LogP contribution in [0.3, 0.4) is 0 Å². The third kappa shape index (κ3) is 4.53. The highest BCUT2D eigenvalue weighted by atomic mass is 19.1. The summed E-state index contributed by atoms with van der Waals surface area (Å²) in [6.45, 7) is 1.44. The van der Waals surface area contributed by atoms with E-state index < -0.39 is 11.7 Å². The van der Waals surface area contributed by atoms with Gasteiger partial charge in [0.1, 0.15) is 11.5 Å². The van der Waals surface area contributed by atoms with Crippen molar-refractivity contribution in [1.82, 2.24) is 4.98 Å². The highest BCUT2D eigenvalue weighted by Gasteiger charge is 2.10. The summed E-state index contributed by atoms with van der Waals surface area (Å²) >= 11 is 0. The summed E-state index contributed by atoms with van der Waals surface area (Å²) in [5.74, 6) is -0.927. The van der Waals surface area contributed by atoms with Crippen molar-refractivity contribution in [2.75, 3.05) is 30.9 Å². The van der Waals surface area contributed by atoms with Gasteiger partial charge in [-0.15, -0.1) is 0 Å². The molecule has 1 aromatic heterocycles. The second-order valence-corrected chi connectivity index (χ2v) is 4.64. The summed E-state index contributed by atoms with van der Waals surface area (Å²) in [6, 6.07) is 9.35. The molecule has 0 saturated heterocycles. The Kier molecular flexibility index (Phi) is 5.85. The van der Waals surface area contributed by atoms with Crippen LogP contribution in [0, 0.1) is 5.82 Å². The molecule has 0 radical (unpaired) electrons. The quantitative estimate of drug-likeness (QED) is 0.772. The van der Waals surface area contributed by atoms with Crippen molar-refractivity contribution in [3.8, 4) is 0 Å². The molecule has 1 heterocycles. The number of benzene rings is 1. The van der Waals surface area contributed by atoms with E-state index in [1.54, 1.807) is 37.6 Å². The number of amides is 1. The summed E-state index contributed by atoms with van der Waals surface area (Å²) in [6.07, 6.45) is 2.45. The molecule has 0 aliphatic carbocycles. The number of halogens is 1. The van der Waals surface area contributed by atoms with E-state index in [9.17, 15) is 9.18 Å². The second kappa shape index (κ2) is 8.09. The molecule has 1 aromatic carbocycles. The van der Waals surface area contributed by atoms with Crippen molar-refractivity contribution in [2.24, 2.45) is 0 Å². The lowest BCUT2D eigenvalue weighted by atomic mass is 10.2. The molecule has 0 fully saturated rings. The molecule has 2 rings (SSSR count). The van der Waals surface area contributed by atoms with E-state index in [2.05, 4.69) is 15.6 Å². The number of nitrogens with one attached hydrogen (secondary N) is 2. The standard InChI is InChI=1S/C16H18FN3O2/c1-22-10-4-9-18-12-7-8-15(19-11-12)16(21)20-14-6-3-2-5-13(14)17/h2-3,5-8,11,18H,4,9-10H2,1H3,(H,20,21). The van der Waals surface area contributed by atoms with Gasteiger partial charge in [-0.2, -0.15) is 0 Å². The molecule has 1 amide bonds. The van der Waals surface area contributed by atoms with Crippen LogP contribution in [0.2, 0.25) is 0 Å². The molecule has 0 bridgehead atoms. The van der Waals surface area contributed by atoms with Crippen LogP contribution in [0.15, 0.2) is 42.6 Å². The van der Waals surface area contributed by atoms with Gasteiger partial charge in [0.2, 0.25) is 0 Å². The molecule has 0 atom stereocenters. The molecule has 0 aliphatic rings. The van der Waals surface area contributed by atoms with E-state index >= 15 is 0 Å². The van der Waals surface area contributed by atoms with Crippen molar-refractivity contribution < 1.29 is 13.9 Å². The molecule has 5 nitrogen and oxygen atoms in total. The first-order valence-electron chi connectivity index (χ1n) is 6.95. The Labute approximate surface area is 128 Å². The number of ether oxygens (including phenoxy) is 1. The van der Waals surface area contributed by atoms with Crippen LogP contribution < -0.4 is 10.6 Å². The number of rotatable bonds is 7. The Morgan fingerprint density at radius 3 is 2.77 bits per heavy atom. The summed E-state index contributed by atoms with van der Waals surface area (Å²) in [5, 5.41) is 5.66. The van der Waals surface area contributed by atoms with E-state index in [1.165, 1.54) is 12.1 Å². The fourth-order valence-electron chi connectivity index (χ4n) is 1.83. The number of anilines is 2. The number of para-hydroxylation sites is 1. The maximum absolute atomic E-state index is 13.5. The molecule has 2 aromatic rings. The van der Waals surface area contributed by atoms with Gasteiger partial charge in [-0.1, -0.05) is 12.1 Å². The maximum Gasteiger partial charge on any atom is 0.274 e. The minimum absolute atomic E-state index is 0.135. The summed E-state index contributed by atoms with van der Waals surface area (Å²) in [4.78, 5) is 16.1. The zero-order valence-corrected chi connectivity index (χ0v) is 12.3. The predicted octanol–water partition coefficient (Wildman–Crippen LogP) is 2.92. The van der Waals surface area contributed by atoms with Gasteiger partial charge in [0.15, 0.2) is 0 Å². The summed E-state index contributed by atoms with van der Waals surface area (Å²) in [7, 11) is 1.66. The van der Waals surface area contributed by atoms with Gasteiger partial charge < -0.3 is 15.4 Å². The fraction of sp³-hybridized carbons (Fsp3) is 0.250. The molecular weight excluding hydrogens is 285 g/mol. The molecule has 6 heteroatoms. The average molecular weight is 303 g/mol. The Bertz CT molecular complexity index is 617. The lowest BCUT2D eigenvalue weighted by molar-refractivity contribution is 0.102. The number of aromatic nitrogens is 1. The fourth-order valence-corrected chi connectivity index (χ4v) is 1.83. The third-order valence-corrected chi connectivity index (χ3v) is 2.97. The minimum Gasteiger partial charge on any atom is -0.385 e. The van der Waals surface area contributed by atoms with Gasteiger partial charge in [0.05, 0.1) is 17.6 Å². The van der Waals surface area contributed by atoms with Crippen LogP contribution in [-0.4, -0.2) is 31.2 Å². The Morgan fingerprint density at radius 2 is 2.09 bits per heavy atom. The molecule has 2 N–H and O–H groups in total. The minimum atomic E-state index is -0.479. The van der Waals surface area contributed by atoms with Crippen molar-refractivity contribution in [2.45, 2.75) is 6.42 Å². The normalized spacial score (nSPS) is 10.3. The largest absolute Gasteiger partial charge is 0.385 e. The molecule has 0 aliphatic heterocycles. The van der Waals surface area contributed by atoms with Crippen molar-refractivity contribution in [3.63, 3.8) is 0 Å². The first-order chi connectivity index (χ1) is 10.7.